The lowest BCUT2D eigenvalue weighted by atomic mass is 9.83. The predicted octanol–water partition coefficient (Wildman–Crippen LogP) is 1.32. The lowest BCUT2D eigenvalue weighted by molar-refractivity contribution is -0.130. The lowest BCUT2D eigenvalue weighted by Gasteiger charge is -2.44. The van der Waals surface area contributed by atoms with E-state index in [1.807, 2.05) is 0 Å². The van der Waals surface area contributed by atoms with Gasteiger partial charge in [0.2, 0.25) is 5.91 Å². The Morgan fingerprint density at radius 2 is 2.26 bits per heavy atom. The summed E-state index contributed by atoms with van der Waals surface area (Å²) >= 11 is 0. The lowest BCUT2D eigenvalue weighted by Crippen LogP contribution is -2.55. The van der Waals surface area contributed by atoms with Crippen LogP contribution in [-0.2, 0) is 11.3 Å². The Balaban J connectivity index is 1.59. The van der Waals surface area contributed by atoms with Crippen molar-refractivity contribution >= 4 is 5.91 Å². The Morgan fingerprint density at radius 1 is 1.47 bits per heavy atom. The second kappa shape index (κ2) is 5.25. The number of carbonyl (C=O) groups is 1. The van der Waals surface area contributed by atoms with Gasteiger partial charge in [-0.15, -0.1) is 0 Å². The number of aromatic nitrogens is 1. The topological polar surface area (TPSA) is 45.2 Å². The number of piperidine rings is 3. The third kappa shape index (κ3) is 2.61. The number of nitrogens with zero attached hydrogens (tertiary/aromatic N) is 2. The fraction of sp³-hybridized carbons (Fsp3) is 0.571. The van der Waals surface area contributed by atoms with Crippen LogP contribution in [0.1, 0.15) is 24.8 Å². The molecule has 0 saturated carbocycles. The van der Waals surface area contributed by atoms with Gasteiger partial charge in [-0.1, -0.05) is 0 Å². The van der Waals surface area contributed by atoms with Crippen molar-refractivity contribution in [2.45, 2.75) is 31.8 Å². The maximum absolute atomic E-state index is 13.4. The first-order valence-corrected chi connectivity index (χ1v) is 6.84. The molecule has 1 unspecified atom stereocenters. The highest BCUT2D eigenvalue weighted by atomic mass is 19.1. The number of carbonyl (C=O) groups excluding carboxylic acids is 1. The summed E-state index contributed by atoms with van der Waals surface area (Å²) in [7, 11) is 0. The Labute approximate surface area is 112 Å². The molecule has 1 atom stereocenters. The highest BCUT2D eigenvalue weighted by Crippen LogP contribution is 2.31. The molecule has 1 aromatic rings. The first-order valence-electron chi connectivity index (χ1n) is 6.84. The number of rotatable bonds is 3. The van der Waals surface area contributed by atoms with E-state index >= 15 is 0 Å². The van der Waals surface area contributed by atoms with Gasteiger partial charge in [0.25, 0.3) is 0 Å². The summed E-state index contributed by atoms with van der Waals surface area (Å²) in [5.41, 5.74) is 0.485. The average Bonchev–Trinajstić information content (AvgIpc) is 2.47. The maximum atomic E-state index is 13.4. The number of nitrogens with one attached hydrogen (secondary N) is 1. The SMILES string of the molecule is O=C(NCc1ccncc1F)C1CC2CCN1CC2. The molecule has 3 saturated heterocycles. The first-order chi connectivity index (χ1) is 9.24. The van der Waals surface area contributed by atoms with Gasteiger partial charge in [0, 0.05) is 18.3 Å². The van der Waals surface area contributed by atoms with Gasteiger partial charge in [-0.05, 0) is 44.3 Å². The van der Waals surface area contributed by atoms with Gasteiger partial charge >= 0.3 is 0 Å². The molecular formula is C14H18FN3O. The van der Waals surface area contributed by atoms with Crippen molar-refractivity contribution in [1.29, 1.82) is 0 Å². The third-order valence-electron chi connectivity index (χ3n) is 4.26. The van der Waals surface area contributed by atoms with Crippen LogP contribution in [0.3, 0.4) is 0 Å². The number of pyridine rings is 1. The van der Waals surface area contributed by atoms with Crippen molar-refractivity contribution in [3.63, 3.8) is 0 Å². The van der Waals surface area contributed by atoms with Crippen LogP contribution in [0.5, 0.6) is 0 Å². The molecular weight excluding hydrogens is 245 g/mol. The van der Waals surface area contributed by atoms with Gasteiger partial charge in [0.15, 0.2) is 0 Å². The summed E-state index contributed by atoms with van der Waals surface area (Å²) < 4.78 is 13.4. The van der Waals surface area contributed by atoms with Crippen LogP contribution >= 0.6 is 0 Å². The summed E-state index contributed by atoms with van der Waals surface area (Å²) in [4.78, 5) is 18.1. The molecule has 0 radical (unpaired) electrons. The third-order valence-corrected chi connectivity index (χ3v) is 4.26. The van der Waals surface area contributed by atoms with E-state index in [1.54, 1.807) is 6.07 Å². The van der Waals surface area contributed by atoms with Crippen molar-refractivity contribution in [3.05, 3.63) is 29.8 Å². The van der Waals surface area contributed by atoms with E-state index in [2.05, 4.69) is 15.2 Å². The molecule has 0 aromatic carbocycles. The number of amides is 1. The van der Waals surface area contributed by atoms with E-state index in [-0.39, 0.29) is 24.3 Å². The number of hydrogen-bond donors (Lipinski definition) is 1. The smallest absolute Gasteiger partial charge is 0.237 e. The van der Waals surface area contributed by atoms with Crippen LogP contribution in [0.2, 0.25) is 0 Å². The standard InChI is InChI=1S/C14H18FN3O/c15-12-9-16-4-1-11(12)8-17-14(19)13-7-10-2-5-18(13)6-3-10/h1,4,9-10,13H,2-3,5-8H2,(H,17,19). The Hall–Kier alpha value is -1.49. The maximum Gasteiger partial charge on any atom is 0.237 e. The fourth-order valence-electron chi connectivity index (χ4n) is 3.09. The minimum absolute atomic E-state index is 0.0163. The molecule has 3 aliphatic rings. The summed E-state index contributed by atoms with van der Waals surface area (Å²) in [6, 6.07) is 1.58. The molecule has 3 aliphatic heterocycles. The minimum atomic E-state index is -0.367. The molecule has 5 heteroatoms. The van der Waals surface area contributed by atoms with Gasteiger partial charge in [-0.2, -0.15) is 0 Å². The van der Waals surface area contributed by atoms with E-state index < -0.39 is 0 Å². The molecule has 0 aliphatic carbocycles. The number of halogens is 1. The van der Waals surface area contributed by atoms with E-state index in [0.717, 1.165) is 19.5 Å². The highest BCUT2D eigenvalue weighted by Gasteiger charge is 2.37. The molecule has 4 nitrogen and oxygen atoms in total. The van der Waals surface area contributed by atoms with Gasteiger partial charge in [0.05, 0.1) is 12.2 Å². The number of hydrogen-bond acceptors (Lipinski definition) is 3. The average molecular weight is 263 g/mol. The van der Waals surface area contributed by atoms with Crippen LogP contribution in [0.15, 0.2) is 18.5 Å². The van der Waals surface area contributed by atoms with E-state index in [4.69, 9.17) is 0 Å². The number of fused-ring (bicyclic) bond motifs is 3. The second-order valence-electron chi connectivity index (χ2n) is 5.42. The zero-order valence-electron chi connectivity index (χ0n) is 10.8. The molecule has 0 spiro atoms. The molecule has 4 rings (SSSR count). The normalized spacial score (nSPS) is 29.2. The first kappa shape index (κ1) is 12.5. The van der Waals surface area contributed by atoms with Crippen LogP contribution in [0.4, 0.5) is 4.39 Å². The Morgan fingerprint density at radius 3 is 2.89 bits per heavy atom. The molecule has 1 aromatic heterocycles. The zero-order chi connectivity index (χ0) is 13.2. The van der Waals surface area contributed by atoms with Gasteiger partial charge in [-0.25, -0.2) is 4.39 Å². The summed E-state index contributed by atoms with van der Waals surface area (Å²) in [5.74, 6) is 0.354. The molecule has 1 N–H and O–H groups in total. The summed E-state index contributed by atoms with van der Waals surface area (Å²) in [6.45, 7) is 2.28. The molecule has 1 amide bonds. The molecule has 4 heterocycles. The van der Waals surface area contributed by atoms with Crippen LogP contribution in [0, 0.1) is 11.7 Å². The monoisotopic (exact) mass is 263 g/mol. The minimum Gasteiger partial charge on any atom is -0.351 e. The van der Waals surface area contributed by atoms with E-state index in [0.29, 0.717) is 11.5 Å². The molecule has 102 valence electrons. The second-order valence-corrected chi connectivity index (χ2v) is 5.42. The van der Waals surface area contributed by atoms with Crippen LogP contribution in [-0.4, -0.2) is 34.9 Å². The van der Waals surface area contributed by atoms with Crippen molar-refractivity contribution in [2.24, 2.45) is 5.92 Å². The van der Waals surface area contributed by atoms with E-state index in [1.165, 1.54) is 25.2 Å². The molecule has 3 fully saturated rings. The highest BCUT2D eigenvalue weighted by molar-refractivity contribution is 5.82. The van der Waals surface area contributed by atoms with Gasteiger partial charge < -0.3 is 5.32 Å². The van der Waals surface area contributed by atoms with Gasteiger partial charge in [0.1, 0.15) is 5.82 Å². The Bertz CT molecular complexity index is 472. The van der Waals surface area contributed by atoms with E-state index in [9.17, 15) is 9.18 Å². The quantitative estimate of drug-likeness (QED) is 0.894. The van der Waals surface area contributed by atoms with Crippen molar-refractivity contribution < 1.29 is 9.18 Å². The molecule has 2 bridgehead atoms. The molecule has 19 heavy (non-hydrogen) atoms. The summed E-state index contributed by atoms with van der Waals surface area (Å²) in [6.07, 6.45) is 6.08. The van der Waals surface area contributed by atoms with Crippen molar-refractivity contribution in [2.75, 3.05) is 13.1 Å². The van der Waals surface area contributed by atoms with Crippen molar-refractivity contribution in [3.8, 4) is 0 Å². The van der Waals surface area contributed by atoms with Crippen LogP contribution in [0.25, 0.3) is 0 Å². The van der Waals surface area contributed by atoms with Crippen LogP contribution < -0.4 is 5.32 Å². The Kier molecular flexibility index (Phi) is 3.46. The summed E-state index contributed by atoms with van der Waals surface area (Å²) in [5, 5.41) is 2.85. The predicted molar refractivity (Wildman–Crippen MR) is 68.7 cm³/mol. The van der Waals surface area contributed by atoms with Crippen molar-refractivity contribution in [1.82, 2.24) is 15.2 Å². The largest absolute Gasteiger partial charge is 0.351 e. The van der Waals surface area contributed by atoms with Gasteiger partial charge in [-0.3, -0.25) is 14.7 Å². The zero-order valence-corrected chi connectivity index (χ0v) is 10.8. The fourth-order valence-corrected chi connectivity index (χ4v) is 3.09.